The van der Waals surface area contributed by atoms with Gasteiger partial charge in [0, 0.05) is 50.1 Å². The minimum absolute atomic E-state index is 0. The number of rotatable bonds is 7. The van der Waals surface area contributed by atoms with Crippen molar-refractivity contribution < 1.29 is 22.2 Å². The van der Waals surface area contributed by atoms with Crippen LogP contribution < -0.4 is 14.4 Å². The Morgan fingerprint density at radius 3 is 2.33 bits per heavy atom. The van der Waals surface area contributed by atoms with E-state index in [-0.39, 0.29) is 46.8 Å². The van der Waals surface area contributed by atoms with Gasteiger partial charge in [0.05, 0.1) is 18.4 Å². The van der Waals surface area contributed by atoms with Crippen LogP contribution in [0.2, 0.25) is 0 Å². The fourth-order valence-corrected chi connectivity index (χ4v) is 4.52. The molecule has 11 heteroatoms. The molecule has 0 radical (unpaired) electrons. The maximum absolute atomic E-state index is 13.2. The number of amidine groups is 1. The Labute approximate surface area is 223 Å². The molecule has 0 aliphatic carbocycles. The normalized spacial score (nSPS) is 13.1. The summed E-state index contributed by atoms with van der Waals surface area (Å²) in [5.41, 5.74) is 3.22. The van der Waals surface area contributed by atoms with Gasteiger partial charge in [0.25, 0.3) is 5.91 Å². The van der Waals surface area contributed by atoms with Gasteiger partial charge in [-0.1, -0.05) is 20.8 Å². The Balaban J connectivity index is 0.00000456. The fourth-order valence-electron chi connectivity index (χ4n) is 4.05. The summed E-state index contributed by atoms with van der Waals surface area (Å²) in [5, 5.41) is 11.3. The van der Waals surface area contributed by atoms with E-state index in [0.717, 1.165) is 17.5 Å². The number of hydrogen-bond acceptors (Lipinski definition) is 7. The van der Waals surface area contributed by atoms with Crippen LogP contribution in [-0.4, -0.2) is 64.8 Å². The van der Waals surface area contributed by atoms with Gasteiger partial charge in [-0.25, -0.2) is 0 Å². The average molecular weight is 582 g/mol. The molecule has 0 bridgehead atoms. The third-order valence-electron chi connectivity index (χ3n) is 5.79. The third kappa shape index (κ3) is 6.25. The van der Waals surface area contributed by atoms with Crippen molar-refractivity contribution in [2.24, 2.45) is 0 Å². The highest BCUT2D eigenvalue weighted by Crippen LogP contribution is 2.34. The van der Waals surface area contributed by atoms with E-state index in [1.54, 1.807) is 30.1 Å². The molecule has 0 fully saturated rings. The summed E-state index contributed by atoms with van der Waals surface area (Å²) >= 11 is 0. The molecule has 1 aliphatic rings. The number of ketones is 1. The molecule has 196 valence electrons. The van der Waals surface area contributed by atoms with Crippen molar-refractivity contribution in [3.63, 3.8) is 0 Å². The average Bonchev–Trinajstić information content (AvgIpc) is 3.05. The van der Waals surface area contributed by atoms with Crippen molar-refractivity contribution in [1.82, 2.24) is 10.2 Å². The van der Waals surface area contributed by atoms with Gasteiger partial charge < -0.3 is 19.3 Å². The summed E-state index contributed by atoms with van der Waals surface area (Å²) in [6.45, 7) is 6.06. The molecule has 36 heavy (non-hydrogen) atoms. The van der Waals surface area contributed by atoms with Crippen molar-refractivity contribution in [2.75, 3.05) is 38.8 Å². The SMILES string of the molecule is Br.CNC(=O)c1cc2c(cc1N(C)C)CN(CC(=O)c1ccc(OS(C)(=O)=O)c(C(C)(C)C)c1)C2=N. The number of nitrogens with zero attached hydrogens (tertiary/aromatic N) is 2. The topological polar surface area (TPSA) is 120 Å². The Morgan fingerprint density at radius 2 is 1.81 bits per heavy atom. The Morgan fingerprint density at radius 1 is 1.17 bits per heavy atom. The molecule has 0 spiro atoms. The fraction of sp³-hybridized carbons (Fsp3) is 0.400. The maximum atomic E-state index is 13.2. The second-order valence-corrected chi connectivity index (χ2v) is 11.5. The number of amides is 1. The smallest absolute Gasteiger partial charge is 0.306 e. The van der Waals surface area contributed by atoms with E-state index >= 15 is 0 Å². The lowest BCUT2D eigenvalue weighted by molar-refractivity contribution is 0.0955. The summed E-state index contributed by atoms with van der Waals surface area (Å²) in [6, 6.07) is 8.28. The number of halogens is 1. The molecule has 3 rings (SSSR count). The van der Waals surface area contributed by atoms with Crippen LogP contribution in [0.15, 0.2) is 30.3 Å². The first kappa shape index (κ1) is 29.3. The maximum Gasteiger partial charge on any atom is 0.306 e. The lowest BCUT2D eigenvalue weighted by Gasteiger charge is -2.23. The Hall–Kier alpha value is -2.92. The molecule has 2 aromatic carbocycles. The number of hydrogen-bond donors (Lipinski definition) is 2. The molecular formula is C25H33BrN4O5S. The number of benzene rings is 2. The molecular weight excluding hydrogens is 548 g/mol. The minimum atomic E-state index is -3.72. The number of Topliss-reactive ketones (excluding diaryl/α,β-unsaturated/α-hetero) is 1. The van der Waals surface area contributed by atoms with Crippen molar-refractivity contribution in [1.29, 1.82) is 5.41 Å². The van der Waals surface area contributed by atoms with E-state index in [2.05, 4.69) is 5.32 Å². The van der Waals surface area contributed by atoms with E-state index in [1.807, 2.05) is 45.8 Å². The van der Waals surface area contributed by atoms with Crippen LogP contribution in [0.5, 0.6) is 5.75 Å². The van der Waals surface area contributed by atoms with Gasteiger partial charge in [-0.2, -0.15) is 8.42 Å². The zero-order valence-electron chi connectivity index (χ0n) is 21.6. The lowest BCUT2D eigenvalue weighted by atomic mass is 9.85. The summed E-state index contributed by atoms with van der Waals surface area (Å²) < 4.78 is 28.5. The highest BCUT2D eigenvalue weighted by molar-refractivity contribution is 8.93. The molecule has 0 saturated heterocycles. The number of fused-ring (bicyclic) bond motifs is 1. The molecule has 0 unspecified atom stereocenters. The summed E-state index contributed by atoms with van der Waals surface area (Å²) in [5.74, 6) is -0.0871. The molecule has 1 aliphatic heterocycles. The molecule has 2 N–H and O–H groups in total. The first-order valence-electron chi connectivity index (χ1n) is 11.1. The molecule has 0 aromatic heterocycles. The van der Waals surface area contributed by atoms with Crippen LogP contribution in [0, 0.1) is 5.41 Å². The second kappa shape index (κ2) is 10.6. The van der Waals surface area contributed by atoms with Crippen LogP contribution in [0.25, 0.3) is 0 Å². The van der Waals surface area contributed by atoms with Gasteiger partial charge >= 0.3 is 10.1 Å². The molecule has 2 aromatic rings. The molecule has 0 atom stereocenters. The van der Waals surface area contributed by atoms with Crippen LogP contribution in [0.4, 0.5) is 5.69 Å². The molecule has 9 nitrogen and oxygen atoms in total. The minimum Gasteiger partial charge on any atom is -0.382 e. The zero-order chi connectivity index (χ0) is 26.3. The standard InChI is InChI=1S/C25H32N4O5S.BrH/c1-25(2,3)19-10-15(8-9-22(19)34-35(7,32)33)21(30)14-29-13-16-11-20(28(5)6)18(24(31)27-4)12-17(16)23(29)26;/h8-12,26H,13-14H2,1-7H3,(H,27,31);1H. The molecule has 1 amide bonds. The van der Waals surface area contributed by atoms with E-state index in [4.69, 9.17) is 9.59 Å². The van der Waals surface area contributed by atoms with Crippen molar-refractivity contribution in [2.45, 2.75) is 32.7 Å². The van der Waals surface area contributed by atoms with E-state index in [0.29, 0.717) is 28.8 Å². The van der Waals surface area contributed by atoms with Gasteiger partial charge in [-0.3, -0.25) is 15.0 Å². The Kier molecular flexibility index (Phi) is 8.63. The van der Waals surface area contributed by atoms with Crippen molar-refractivity contribution in [3.8, 4) is 5.75 Å². The third-order valence-corrected chi connectivity index (χ3v) is 6.28. The summed E-state index contributed by atoms with van der Waals surface area (Å²) in [7, 11) is 1.53. The lowest BCUT2D eigenvalue weighted by Crippen LogP contribution is -2.30. The van der Waals surface area contributed by atoms with Crippen LogP contribution in [-0.2, 0) is 22.1 Å². The van der Waals surface area contributed by atoms with Gasteiger partial charge in [0.1, 0.15) is 11.6 Å². The first-order chi connectivity index (χ1) is 16.1. The van der Waals surface area contributed by atoms with E-state index in [1.165, 1.54) is 6.07 Å². The number of anilines is 1. The number of nitrogens with one attached hydrogen (secondary N) is 2. The van der Waals surface area contributed by atoms with E-state index < -0.39 is 15.5 Å². The highest BCUT2D eigenvalue weighted by atomic mass is 79.9. The summed E-state index contributed by atoms with van der Waals surface area (Å²) in [4.78, 5) is 29.1. The first-order valence-corrected chi connectivity index (χ1v) is 12.9. The van der Waals surface area contributed by atoms with Gasteiger partial charge in [0.15, 0.2) is 5.78 Å². The number of carbonyl (C=O) groups is 2. The van der Waals surface area contributed by atoms with Crippen molar-refractivity contribution >= 4 is 50.3 Å². The van der Waals surface area contributed by atoms with Crippen LogP contribution in [0.1, 0.15) is 58.2 Å². The second-order valence-electron chi connectivity index (χ2n) is 9.88. The van der Waals surface area contributed by atoms with Crippen LogP contribution in [0.3, 0.4) is 0 Å². The summed E-state index contributed by atoms with van der Waals surface area (Å²) in [6.07, 6.45) is 0.979. The molecule has 0 saturated carbocycles. The zero-order valence-corrected chi connectivity index (χ0v) is 24.1. The monoisotopic (exact) mass is 580 g/mol. The number of carbonyl (C=O) groups excluding carboxylic acids is 2. The quantitative estimate of drug-likeness (QED) is 0.380. The van der Waals surface area contributed by atoms with Crippen molar-refractivity contribution in [3.05, 3.63) is 58.1 Å². The largest absolute Gasteiger partial charge is 0.382 e. The Bertz CT molecular complexity index is 1320. The van der Waals surface area contributed by atoms with Gasteiger partial charge in [-0.15, -0.1) is 17.0 Å². The highest BCUT2D eigenvalue weighted by Gasteiger charge is 2.30. The van der Waals surface area contributed by atoms with Crippen LogP contribution >= 0.6 is 17.0 Å². The predicted molar refractivity (Wildman–Crippen MR) is 147 cm³/mol. The molecule has 1 heterocycles. The van der Waals surface area contributed by atoms with E-state index in [9.17, 15) is 18.0 Å². The predicted octanol–water partition coefficient (Wildman–Crippen LogP) is 3.35. The van der Waals surface area contributed by atoms with Gasteiger partial charge in [0.2, 0.25) is 0 Å². The van der Waals surface area contributed by atoms with Gasteiger partial charge in [-0.05, 0) is 41.3 Å².